The molecule has 0 saturated carbocycles. The van der Waals surface area contributed by atoms with Crippen LogP contribution in [0, 0.1) is 6.92 Å². The SMILES string of the molecule is Cc1ccc(NC(=O)[C@@H](C)Sc2nc3ccccc3o2)cc1. The fourth-order valence-electron chi connectivity index (χ4n) is 1.99. The van der Waals surface area contributed by atoms with Gasteiger partial charge < -0.3 is 9.73 Å². The van der Waals surface area contributed by atoms with Crippen LogP contribution in [-0.4, -0.2) is 16.1 Å². The first-order valence-electron chi connectivity index (χ1n) is 7.01. The van der Waals surface area contributed by atoms with Gasteiger partial charge in [-0.15, -0.1) is 0 Å². The molecule has 1 heterocycles. The lowest BCUT2D eigenvalue weighted by molar-refractivity contribution is -0.115. The molecule has 1 amide bonds. The van der Waals surface area contributed by atoms with E-state index in [2.05, 4.69) is 10.3 Å². The first-order valence-corrected chi connectivity index (χ1v) is 7.89. The lowest BCUT2D eigenvalue weighted by Crippen LogP contribution is -2.22. The zero-order chi connectivity index (χ0) is 15.5. The summed E-state index contributed by atoms with van der Waals surface area (Å²) >= 11 is 1.31. The van der Waals surface area contributed by atoms with Crippen molar-refractivity contribution in [2.75, 3.05) is 5.32 Å². The van der Waals surface area contributed by atoms with Crippen LogP contribution in [0.15, 0.2) is 58.2 Å². The van der Waals surface area contributed by atoms with Crippen LogP contribution in [0.1, 0.15) is 12.5 Å². The van der Waals surface area contributed by atoms with Gasteiger partial charge in [-0.1, -0.05) is 41.6 Å². The van der Waals surface area contributed by atoms with Crippen molar-refractivity contribution in [2.45, 2.75) is 24.3 Å². The van der Waals surface area contributed by atoms with Crippen molar-refractivity contribution in [1.82, 2.24) is 4.98 Å². The Hall–Kier alpha value is -2.27. The average molecular weight is 312 g/mol. The van der Waals surface area contributed by atoms with Crippen molar-refractivity contribution in [2.24, 2.45) is 0 Å². The van der Waals surface area contributed by atoms with Crippen LogP contribution >= 0.6 is 11.8 Å². The number of oxazole rings is 1. The normalized spacial score (nSPS) is 12.3. The number of fused-ring (bicyclic) bond motifs is 1. The molecule has 0 saturated heterocycles. The molecule has 3 rings (SSSR count). The highest BCUT2D eigenvalue weighted by atomic mass is 32.2. The Balaban J connectivity index is 1.66. The molecule has 0 bridgehead atoms. The smallest absolute Gasteiger partial charge is 0.257 e. The minimum Gasteiger partial charge on any atom is -0.431 e. The number of aryl methyl sites for hydroxylation is 1. The van der Waals surface area contributed by atoms with Gasteiger partial charge >= 0.3 is 0 Å². The van der Waals surface area contributed by atoms with Crippen LogP contribution in [-0.2, 0) is 4.79 Å². The molecule has 22 heavy (non-hydrogen) atoms. The van der Waals surface area contributed by atoms with E-state index in [0.29, 0.717) is 5.22 Å². The molecule has 0 fully saturated rings. The molecule has 0 unspecified atom stereocenters. The Morgan fingerprint density at radius 1 is 1.18 bits per heavy atom. The molecule has 0 aliphatic heterocycles. The molecule has 4 nitrogen and oxygen atoms in total. The highest BCUT2D eigenvalue weighted by Crippen LogP contribution is 2.27. The number of thioether (sulfide) groups is 1. The number of amides is 1. The van der Waals surface area contributed by atoms with Gasteiger partial charge in [0.05, 0.1) is 5.25 Å². The molecule has 5 heteroatoms. The van der Waals surface area contributed by atoms with Crippen molar-refractivity contribution < 1.29 is 9.21 Å². The first kappa shape index (κ1) is 14.7. The molecule has 1 aromatic heterocycles. The van der Waals surface area contributed by atoms with Gasteiger partial charge in [0.15, 0.2) is 5.58 Å². The maximum absolute atomic E-state index is 12.2. The second kappa shape index (κ2) is 6.23. The Morgan fingerprint density at radius 3 is 2.64 bits per heavy atom. The number of carbonyl (C=O) groups excluding carboxylic acids is 1. The summed E-state index contributed by atoms with van der Waals surface area (Å²) in [6, 6.07) is 15.3. The molecule has 0 aliphatic carbocycles. The first-order chi connectivity index (χ1) is 10.6. The molecule has 1 atom stereocenters. The highest BCUT2D eigenvalue weighted by Gasteiger charge is 2.18. The number of anilines is 1. The van der Waals surface area contributed by atoms with Gasteiger partial charge in [0.2, 0.25) is 5.91 Å². The van der Waals surface area contributed by atoms with E-state index >= 15 is 0 Å². The third-order valence-corrected chi connectivity index (χ3v) is 4.18. The van der Waals surface area contributed by atoms with Crippen LogP contribution in [0.4, 0.5) is 5.69 Å². The van der Waals surface area contributed by atoms with Gasteiger partial charge in [-0.25, -0.2) is 4.98 Å². The van der Waals surface area contributed by atoms with E-state index < -0.39 is 0 Å². The minimum atomic E-state index is -0.297. The largest absolute Gasteiger partial charge is 0.431 e. The zero-order valence-corrected chi connectivity index (χ0v) is 13.2. The number of rotatable bonds is 4. The van der Waals surface area contributed by atoms with E-state index in [1.54, 1.807) is 0 Å². The summed E-state index contributed by atoms with van der Waals surface area (Å²) in [6.45, 7) is 3.85. The topological polar surface area (TPSA) is 55.1 Å². The third-order valence-electron chi connectivity index (χ3n) is 3.24. The summed E-state index contributed by atoms with van der Waals surface area (Å²) in [6.07, 6.45) is 0. The van der Waals surface area contributed by atoms with Gasteiger partial charge in [-0.05, 0) is 38.1 Å². The lowest BCUT2D eigenvalue weighted by atomic mass is 10.2. The number of carbonyl (C=O) groups is 1. The van der Waals surface area contributed by atoms with E-state index in [1.165, 1.54) is 11.8 Å². The maximum atomic E-state index is 12.2. The number of aromatic nitrogens is 1. The number of para-hydroxylation sites is 2. The summed E-state index contributed by atoms with van der Waals surface area (Å²) in [7, 11) is 0. The molecular formula is C17H16N2O2S. The summed E-state index contributed by atoms with van der Waals surface area (Å²) in [5.74, 6) is -0.0730. The Bertz CT molecular complexity index is 763. The lowest BCUT2D eigenvalue weighted by Gasteiger charge is -2.10. The van der Waals surface area contributed by atoms with Crippen molar-refractivity contribution >= 4 is 34.5 Å². The summed E-state index contributed by atoms with van der Waals surface area (Å²) in [4.78, 5) is 16.6. The van der Waals surface area contributed by atoms with E-state index in [0.717, 1.165) is 22.4 Å². The van der Waals surface area contributed by atoms with E-state index in [4.69, 9.17) is 4.42 Å². The third kappa shape index (κ3) is 3.31. The van der Waals surface area contributed by atoms with E-state index in [-0.39, 0.29) is 11.2 Å². The van der Waals surface area contributed by atoms with Gasteiger partial charge in [-0.3, -0.25) is 4.79 Å². The molecule has 0 aliphatic rings. The van der Waals surface area contributed by atoms with Crippen LogP contribution < -0.4 is 5.32 Å². The van der Waals surface area contributed by atoms with Crippen molar-refractivity contribution in [3.05, 3.63) is 54.1 Å². The molecule has 2 aromatic carbocycles. The van der Waals surface area contributed by atoms with Gasteiger partial charge in [0.25, 0.3) is 5.22 Å². The minimum absolute atomic E-state index is 0.0730. The summed E-state index contributed by atoms with van der Waals surface area (Å²) in [5, 5.41) is 3.10. The van der Waals surface area contributed by atoms with Gasteiger partial charge in [0, 0.05) is 5.69 Å². The van der Waals surface area contributed by atoms with Crippen LogP contribution in [0.2, 0.25) is 0 Å². The Labute approximate surface area is 132 Å². The number of hydrogen-bond acceptors (Lipinski definition) is 4. The number of hydrogen-bond donors (Lipinski definition) is 1. The van der Waals surface area contributed by atoms with Crippen LogP contribution in [0.5, 0.6) is 0 Å². The highest BCUT2D eigenvalue weighted by molar-refractivity contribution is 8.00. The quantitative estimate of drug-likeness (QED) is 0.732. The predicted molar refractivity (Wildman–Crippen MR) is 89.1 cm³/mol. The standard InChI is InChI=1S/C17H16N2O2S/c1-11-7-9-13(10-8-11)18-16(20)12(2)22-17-19-14-5-3-4-6-15(14)21-17/h3-10,12H,1-2H3,(H,18,20)/t12-/m1/s1. The fraction of sp³-hybridized carbons (Fsp3) is 0.176. The van der Waals surface area contributed by atoms with Gasteiger partial charge in [0.1, 0.15) is 5.52 Å². The monoisotopic (exact) mass is 312 g/mol. The second-order valence-electron chi connectivity index (χ2n) is 5.06. The number of nitrogens with one attached hydrogen (secondary N) is 1. The van der Waals surface area contributed by atoms with Gasteiger partial charge in [-0.2, -0.15) is 0 Å². The van der Waals surface area contributed by atoms with E-state index in [1.807, 2.05) is 62.4 Å². The summed E-state index contributed by atoms with van der Waals surface area (Å²) in [5.41, 5.74) is 3.49. The molecule has 0 spiro atoms. The zero-order valence-electron chi connectivity index (χ0n) is 12.4. The number of benzene rings is 2. The Morgan fingerprint density at radius 2 is 1.91 bits per heavy atom. The molecule has 3 aromatic rings. The van der Waals surface area contributed by atoms with E-state index in [9.17, 15) is 4.79 Å². The van der Waals surface area contributed by atoms with Crippen molar-refractivity contribution in [3.63, 3.8) is 0 Å². The maximum Gasteiger partial charge on any atom is 0.257 e. The predicted octanol–water partition coefficient (Wildman–Crippen LogP) is 4.26. The fourth-order valence-corrected chi connectivity index (χ4v) is 2.74. The van der Waals surface area contributed by atoms with Crippen molar-refractivity contribution in [3.8, 4) is 0 Å². The molecular weight excluding hydrogens is 296 g/mol. The van der Waals surface area contributed by atoms with Crippen LogP contribution in [0.25, 0.3) is 11.1 Å². The Kier molecular flexibility index (Phi) is 4.15. The number of nitrogens with zero attached hydrogens (tertiary/aromatic N) is 1. The molecule has 112 valence electrons. The molecule has 1 N–H and O–H groups in total. The molecule has 0 radical (unpaired) electrons. The van der Waals surface area contributed by atoms with Crippen molar-refractivity contribution in [1.29, 1.82) is 0 Å². The van der Waals surface area contributed by atoms with Crippen LogP contribution in [0.3, 0.4) is 0 Å². The second-order valence-corrected chi connectivity index (χ2v) is 6.35. The summed E-state index contributed by atoms with van der Waals surface area (Å²) < 4.78 is 5.63. The average Bonchev–Trinajstić information content (AvgIpc) is 2.91.